The van der Waals surface area contributed by atoms with Gasteiger partial charge in [-0.1, -0.05) is 0 Å². The van der Waals surface area contributed by atoms with E-state index in [4.69, 9.17) is 0 Å². The highest BCUT2D eigenvalue weighted by Gasteiger charge is 2.31. The maximum absolute atomic E-state index is 15.0. The lowest BCUT2D eigenvalue weighted by molar-refractivity contribution is 0.101. The van der Waals surface area contributed by atoms with Gasteiger partial charge in [-0.05, 0) is 50.7 Å². The van der Waals surface area contributed by atoms with Gasteiger partial charge in [-0.25, -0.2) is 17.7 Å². The number of hydrogen-bond acceptors (Lipinski definition) is 4. The number of rotatable bonds is 6. The van der Waals surface area contributed by atoms with Crippen molar-refractivity contribution in [2.24, 2.45) is 13.0 Å². The van der Waals surface area contributed by atoms with Crippen LogP contribution in [0, 0.1) is 24.5 Å². The van der Waals surface area contributed by atoms with Crippen LogP contribution in [-0.2, 0) is 18.0 Å². The van der Waals surface area contributed by atoms with E-state index in [0.29, 0.717) is 17.8 Å². The molecule has 0 aliphatic carbocycles. The highest BCUT2D eigenvalue weighted by Crippen LogP contribution is 2.23. The van der Waals surface area contributed by atoms with Gasteiger partial charge >= 0.3 is 0 Å². The Balaban J connectivity index is 1.77. The lowest BCUT2D eigenvalue weighted by atomic mass is 9.93. The number of aryl methyl sites for hydroxylation is 2. The van der Waals surface area contributed by atoms with Gasteiger partial charge < -0.3 is 19.9 Å². The molecular weight excluding hydrogens is 414 g/mol. The normalized spacial score (nSPS) is 20.9. The van der Waals surface area contributed by atoms with E-state index in [1.54, 1.807) is 6.92 Å². The van der Waals surface area contributed by atoms with E-state index in [9.17, 15) is 18.5 Å². The Morgan fingerprint density at radius 1 is 1.33 bits per heavy atom. The van der Waals surface area contributed by atoms with Crippen molar-refractivity contribution in [3.8, 4) is 0 Å². The molecule has 164 valence electrons. The first-order chi connectivity index (χ1) is 14.2. The Bertz CT molecular complexity index is 966. The van der Waals surface area contributed by atoms with Crippen LogP contribution in [0.1, 0.15) is 22.5 Å². The van der Waals surface area contributed by atoms with Crippen molar-refractivity contribution in [2.75, 3.05) is 32.1 Å². The number of aromatic nitrogens is 1. The molecule has 2 aromatic rings. The number of likely N-dealkylation sites (N-methyl/N-ethyl adjacent to an activating group) is 1. The highest BCUT2D eigenvalue weighted by molar-refractivity contribution is 7.83. The number of nitrogens with zero attached hydrogens (tertiary/aromatic N) is 2. The number of nitrogens with one attached hydrogen (secondary N) is 2. The third-order valence-corrected chi connectivity index (χ3v) is 6.57. The predicted molar refractivity (Wildman–Crippen MR) is 110 cm³/mol. The lowest BCUT2D eigenvalue weighted by Crippen LogP contribution is -2.51. The molecule has 1 aliphatic rings. The predicted octanol–water partition coefficient (Wildman–Crippen LogP) is 1.79. The summed E-state index contributed by atoms with van der Waals surface area (Å²) in [6.07, 6.45) is 2.05. The zero-order chi connectivity index (χ0) is 22.0. The number of aliphatic hydroxyl groups excluding tert-OH is 1. The van der Waals surface area contributed by atoms with Crippen LogP contribution in [0.2, 0.25) is 0 Å². The Morgan fingerprint density at radius 3 is 2.73 bits per heavy atom. The van der Waals surface area contributed by atoms with Crippen LogP contribution >= 0.6 is 0 Å². The minimum atomic E-state index is -1.90. The molecular formula is C20H26F2N4O3S. The van der Waals surface area contributed by atoms with Crippen LogP contribution in [0.5, 0.6) is 0 Å². The van der Waals surface area contributed by atoms with E-state index >= 15 is 4.39 Å². The van der Waals surface area contributed by atoms with Crippen molar-refractivity contribution in [2.45, 2.75) is 24.3 Å². The summed E-state index contributed by atoms with van der Waals surface area (Å²) in [4.78, 5) is 14.5. The van der Waals surface area contributed by atoms with E-state index < -0.39 is 28.5 Å². The molecule has 10 heteroatoms. The second kappa shape index (κ2) is 9.34. The van der Waals surface area contributed by atoms with E-state index in [1.165, 1.54) is 36.0 Å². The average Bonchev–Trinajstić information content (AvgIpc) is 2.99. The van der Waals surface area contributed by atoms with Gasteiger partial charge in [0.15, 0.2) is 5.82 Å². The van der Waals surface area contributed by atoms with Crippen molar-refractivity contribution in [3.63, 3.8) is 0 Å². The largest absolute Gasteiger partial charge is 0.396 e. The van der Waals surface area contributed by atoms with Gasteiger partial charge in [-0.2, -0.15) is 0 Å². The summed E-state index contributed by atoms with van der Waals surface area (Å²) in [5.41, 5.74) is 0.403. The smallest absolute Gasteiger partial charge is 0.275 e. The number of anilines is 1. The Hall–Kier alpha value is -2.14. The SMILES string of the molecule is Cc1cc(NC(=O)c2c(F)c(S(=O)NC3CN(C)CCC3CO)cn2C)ccc1F. The fourth-order valence-electron chi connectivity index (χ4n) is 3.59. The maximum atomic E-state index is 15.0. The summed E-state index contributed by atoms with van der Waals surface area (Å²) >= 11 is 0. The molecule has 3 unspecified atom stereocenters. The van der Waals surface area contributed by atoms with Crippen LogP contribution in [0.4, 0.5) is 14.5 Å². The number of carbonyl (C=O) groups excluding carboxylic acids is 1. The topological polar surface area (TPSA) is 86.6 Å². The van der Waals surface area contributed by atoms with E-state index in [0.717, 1.165) is 13.0 Å². The molecule has 30 heavy (non-hydrogen) atoms. The molecule has 0 saturated carbocycles. The molecule has 1 fully saturated rings. The van der Waals surface area contributed by atoms with Gasteiger partial charge in [-0.15, -0.1) is 0 Å². The monoisotopic (exact) mass is 440 g/mol. The number of halogens is 2. The molecule has 7 nitrogen and oxygen atoms in total. The molecule has 0 bridgehead atoms. The van der Waals surface area contributed by atoms with E-state index in [2.05, 4.69) is 10.0 Å². The number of hydrogen-bond donors (Lipinski definition) is 3. The molecule has 0 spiro atoms. The summed E-state index contributed by atoms with van der Waals surface area (Å²) in [5.74, 6) is -2.10. The van der Waals surface area contributed by atoms with Crippen molar-refractivity contribution < 1.29 is 22.9 Å². The molecule has 2 heterocycles. The minimum Gasteiger partial charge on any atom is -0.396 e. The Morgan fingerprint density at radius 2 is 2.07 bits per heavy atom. The Labute approximate surface area is 176 Å². The van der Waals surface area contributed by atoms with E-state index in [-0.39, 0.29) is 29.2 Å². The van der Waals surface area contributed by atoms with E-state index in [1.807, 2.05) is 11.9 Å². The van der Waals surface area contributed by atoms with Crippen LogP contribution in [-0.4, -0.2) is 57.5 Å². The fraction of sp³-hybridized carbons (Fsp3) is 0.450. The lowest BCUT2D eigenvalue weighted by Gasteiger charge is -2.35. The highest BCUT2D eigenvalue weighted by atomic mass is 32.2. The minimum absolute atomic E-state index is 0.0509. The average molecular weight is 441 g/mol. The molecule has 0 radical (unpaired) electrons. The zero-order valence-electron chi connectivity index (χ0n) is 17.1. The second-order valence-electron chi connectivity index (χ2n) is 7.67. The van der Waals surface area contributed by atoms with Crippen molar-refractivity contribution >= 4 is 22.6 Å². The summed E-state index contributed by atoms with van der Waals surface area (Å²) in [5, 5.41) is 12.1. The van der Waals surface area contributed by atoms with Gasteiger partial charge in [0.1, 0.15) is 27.4 Å². The molecule has 1 aromatic heterocycles. The summed E-state index contributed by atoms with van der Waals surface area (Å²) in [6, 6.07) is 3.78. The number of amides is 1. The standard InChI is InChI=1S/C20H26F2N4O3S/c1-12-8-14(4-5-15(12)21)23-20(28)19-18(22)17(10-26(19)3)30(29)24-16-9-25(2)7-6-13(16)11-27/h4-5,8,10,13,16,24,27H,6-7,9,11H2,1-3H3,(H,23,28). The van der Waals surface area contributed by atoms with Gasteiger partial charge in [0.25, 0.3) is 5.91 Å². The van der Waals surface area contributed by atoms with Crippen molar-refractivity contribution in [1.29, 1.82) is 0 Å². The van der Waals surface area contributed by atoms with Crippen LogP contribution < -0.4 is 10.0 Å². The number of piperidine rings is 1. The third kappa shape index (κ3) is 4.77. The molecule has 1 saturated heterocycles. The quantitative estimate of drug-likeness (QED) is 0.639. The molecule has 1 aromatic carbocycles. The molecule has 1 aliphatic heterocycles. The molecule has 3 N–H and O–H groups in total. The number of carbonyl (C=O) groups is 1. The second-order valence-corrected chi connectivity index (χ2v) is 8.88. The first-order valence-electron chi connectivity index (χ1n) is 9.61. The number of benzene rings is 1. The molecule has 3 atom stereocenters. The first-order valence-corrected chi connectivity index (χ1v) is 10.8. The summed E-state index contributed by atoms with van der Waals surface area (Å²) < 4.78 is 45.4. The van der Waals surface area contributed by atoms with Gasteiger partial charge in [0, 0.05) is 44.0 Å². The van der Waals surface area contributed by atoms with Crippen molar-refractivity contribution in [1.82, 2.24) is 14.2 Å². The molecule has 1 amide bonds. The van der Waals surface area contributed by atoms with Gasteiger partial charge in [-0.3, -0.25) is 4.79 Å². The van der Waals surface area contributed by atoms with Crippen LogP contribution in [0.3, 0.4) is 0 Å². The zero-order valence-corrected chi connectivity index (χ0v) is 17.9. The number of likely N-dealkylation sites (tertiary alicyclic amines) is 1. The maximum Gasteiger partial charge on any atom is 0.275 e. The van der Waals surface area contributed by atoms with Crippen LogP contribution in [0.25, 0.3) is 0 Å². The molecule has 3 rings (SSSR count). The first kappa shape index (κ1) is 22.5. The van der Waals surface area contributed by atoms with Crippen molar-refractivity contribution in [3.05, 3.63) is 47.3 Å². The van der Waals surface area contributed by atoms with Crippen LogP contribution in [0.15, 0.2) is 29.3 Å². The Kier molecular flexibility index (Phi) is 7.02. The van der Waals surface area contributed by atoms with Gasteiger partial charge in [0.05, 0.1) is 0 Å². The number of aliphatic hydroxyl groups is 1. The summed E-state index contributed by atoms with van der Waals surface area (Å²) in [6.45, 7) is 2.90. The summed E-state index contributed by atoms with van der Waals surface area (Å²) in [7, 11) is 1.51. The van der Waals surface area contributed by atoms with Gasteiger partial charge in [0.2, 0.25) is 0 Å². The fourth-order valence-corrected chi connectivity index (χ4v) is 4.77. The third-order valence-electron chi connectivity index (χ3n) is 5.37.